The zero-order valence-corrected chi connectivity index (χ0v) is 37.3. The fraction of sp³-hybridized carbons (Fsp3) is 0.681. The molecule has 0 aromatic heterocycles. The highest BCUT2D eigenvalue weighted by Crippen LogP contribution is 2.69. The Morgan fingerprint density at radius 3 is 2.48 bits per heavy atom. The number of halogens is 1. The van der Waals surface area contributed by atoms with E-state index in [-0.39, 0.29) is 71.8 Å². The lowest BCUT2D eigenvalue weighted by Gasteiger charge is -2.59. The predicted molar refractivity (Wildman–Crippen MR) is 230 cm³/mol. The molecule has 0 spiro atoms. The number of hydrogen-bond donors (Lipinski definition) is 7. The highest BCUT2D eigenvalue weighted by atomic mass is 79.9. The van der Waals surface area contributed by atoms with Gasteiger partial charge < -0.3 is 45.9 Å². The molecule has 1 aliphatic heterocycles. The summed E-state index contributed by atoms with van der Waals surface area (Å²) in [7, 11) is 0. The van der Waals surface area contributed by atoms with Crippen LogP contribution in [0.15, 0.2) is 48.1 Å². The number of alkyl halides is 1. The number of amides is 3. The zero-order valence-electron chi connectivity index (χ0n) is 35.7. The Bertz CT molecular complexity index is 2000. The molecule has 2 bridgehead atoms. The average molecular weight is 925 g/mol. The van der Waals surface area contributed by atoms with Crippen LogP contribution < -0.4 is 16.0 Å². The molecule has 15 heteroatoms. The highest BCUT2D eigenvalue weighted by Gasteiger charge is 2.69. The number of carbonyl (C=O) groups is 5. The summed E-state index contributed by atoms with van der Waals surface area (Å²) >= 11 is 3.02. The summed E-state index contributed by atoms with van der Waals surface area (Å²) in [6, 6.07) is 6.49. The number of rotatable bonds is 13. The Labute approximate surface area is 371 Å². The molecule has 11 atom stereocenters. The summed E-state index contributed by atoms with van der Waals surface area (Å²) < 4.78 is 13.8. The molecular weight excluding hydrogens is 862 g/mol. The van der Waals surface area contributed by atoms with Crippen molar-refractivity contribution in [1.82, 2.24) is 10.6 Å². The third-order valence-electron chi connectivity index (χ3n) is 16.7. The standard InChI is InChI=1S/C47H62BrN3O11/c1-43-11-10-30(53)19-28(43)6-7-31-32-20-35-40(44(32,2)22-34(54)39(31)43)47(60,25-52)26-61-42(62-35)46-15-12-45(13-16-46,14-17-46)21-27-4-3-5-29(18-27)50-41(59)33(8-9-38(57)58)51-37(56)24-49-36(55)23-48/h3-5,10-11,18-19,31-35,39-40,42,52,54,60H,6-9,12-17,20-26H2,1-2H3,(H,49,55)(H,50,59)(H,51,56)(H,57,58)/t31-,32-,33-,34-,35?,39+,40-,42-,43-,44-,45?,46?,47?/m0/s1. The number of fused-ring (bicyclic) bond motifs is 10. The monoisotopic (exact) mass is 923 g/mol. The number of hydrogen-bond acceptors (Lipinski definition) is 10. The molecule has 14 nitrogen and oxygen atoms in total. The van der Waals surface area contributed by atoms with E-state index in [2.05, 4.69) is 45.7 Å². The third kappa shape index (κ3) is 8.23. The first-order valence-electron chi connectivity index (χ1n) is 22.4. The van der Waals surface area contributed by atoms with Gasteiger partial charge in [0.05, 0.1) is 37.3 Å². The van der Waals surface area contributed by atoms with Crippen LogP contribution in [0.25, 0.3) is 0 Å². The molecule has 338 valence electrons. The van der Waals surface area contributed by atoms with E-state index in [4.69, 9.17) is 9.47 Å². The highest BCUT2D eigenvalue weighted by molar-refractivity contribution is 9.09. The number of nitrogens with one attached hydrogen (secondary N) is 3. The first-order valence-corrected chi connectivity index (χ1v) is 23.5. The van der Waals surface area contributed by atoms with Crippen molar-refractivity contribution in [2.75, 3.05) is 30.4 Å². The lowest BCUT2D eigenvalue weighted by molar-refractivity contribution is -0.250. The Morgan fingerprint density at radius 2 is 1.79 bits per heavy atom. The van der Waals surface area contributed by atoms with Gasteiger partial charge in [0.15, 0.2) is 12.1 Å². The maximum absolute atomic E-state index is 13.4. The summed E-state index contributed by atoms with van der Waals surface area (Å²) in [6.45, 7) is 3.49. The van der Waals surface area contributed by atoms with Crippen LogP contribution in [0.4, 0.5) is 5.69 Å². The Kier molecular flexibility index (Phi) is 12.5. The van der Waals surface area contributed by atoms with Crippen LogP contribution in [0.1, 0.15) is 96.5 Å². The molecule has 1 heterocycles. The number of anilines is 1. The largest absolute Gasteiger partial charge is 0.481 e. The van der Waals surface area contributed by atoms with E-state index >= 15 is 0 Å². The van der Waals surface area contributed by atoms with Gasteiger partial charge in [-0.1, -0.05) is 53.6 Å². The minimum atomic E-state index is -1.53. The number of ketones is 1. The molecular formula is C47H62BrN3O11. The second-order valence-electron chi connectivity index (χ2n) is 20.3. The van der Waals surface area contributed by atoms with Crippen LogP contribution >= 0.6 is 15.9 Å². The summed E-state index contributed by atoms with van der Waals surface area (Å²) in [5.41, 5.74) is 0.0289. The maximum Gasteiger partial charge on any atom is 0.303 e. The van der Waals surface area contributed by atoms with Crippen LogP contribution in [0, 0.1) is 45.3 Å². The van der Waals surface area contributed by atoms with E-state index in [9.17, 15) is 44.4 Å². The molecule has 6 saturated carbocycles. The molecule has 7 N–H and O–H groups in total. The molecule has 7 aliphatic carbocycles. The first kappa shape index (κ1) is 45.1. The molecule has 1 aromatic carbocycles. The van der Waals surface area contributed by atoms with E-state index in [1.54, 1.807) is 18.2 Å². The molecule has 1 aromatic rings. The van der Waals surface area contributed by atoms with E-state index < -0.39 is 71.1 Å². The van der Waals surface area contributed by atoms with E-state index in [0.717, 1.165) is 68.9 Å². The fourth-order valence-corrected chi connectivity index (χ4v) is 13.9. The number of ether oxygens (including phenoxy) is 2. The summed E-state index contributed by atoms with van der Waals surface area (Å²) in [6.07, 6.45) is 12.5. The van der Waals surface area contributed by atoms with Crippen LogP contribution in [0.2, 0.25) is 0 Å². The first-order chi connectivity index (χ1) is 29.4. The van der Waals surface area contributed by atoms with Crippen LogP contribution in [-0.2, 0) is 39.9 Å². The lowest BCUT2D eigenvalue weighted by Crippen LogP contribution is -2.60. The number of carbonyl (C=O) groups excluding carboxylic acids is 4. The van der Waals surface area contributed by atoms with Crippen molar-refractivity contribution in [3.63, 3.8) is 0 Å². The molecule has 8 aliphatic rings. The van der Waals surface area contributed by atoms with Gasteiger partial charge in [0.2, 0.25) is 17.7 Å². The predicted octanol–water partition coefficient (Wildman–Crippen LogP) is 4.34. The molecule has 7 fully saturated rings. The maximum atomic E-state index is 13.4. The van der Waals surface area contributed by atoms with Crippen molar-refractivity contribution in [3.05, 3.63) is 53.6 Å². The number of carboxylic acid groups (broad SMARTS) is 1. The smallest absolute Gasteiger partial charge is 0.303 e. The van der Waals surface area contributed by atoms with Gasteiger partial charge in [-0.3, -0.25) is 24.0 Å². The Hall–Kier alpha value is -3.47. The topological polar surface area (TPSA) is 221 Å². The van der Waals surface area contributed by atoms with Crippen molar-refractivity contribution in [2.24, 2.45) is 45.3 Å². The lowest BCUT2D eigenvalue weighted by atomic mass is 9.46. The van der Waals surface area contributed by atoms with E-state index in [1.165, 1.54) is 0 Å². The third-order valence-corrected chi connectivity index (χ3v) is 17.2. The van der Waals surface area contributed by atoms with Crippen molar-refractivity contribution in [1.29, 1.82) is 0 Å². The normalized spacial score (nSPS) is 39.8. The molecule has 9 rings (SSSR count). The van der Waals surface area contributed by atoms with Gasteiger partial charge in [-0.05, 0) is 130 Å². The summed E-state index contributed by atoms with van der Waals surface area (Å²) in [5, 5.41) is 52.4. The van der Waals surface area contributed by atoms with Crippen LogP contribution in [-0.4, -0.2) is 105 Å². The number of aliphatic hydroxyl groups excluding tert-OH is 2. The number of carboxylic acids is 1. The van der Waals surface area contributed by atoms with Gasteiger partial charge in [0.25, 0.3) is 0 Å². The minimum Gasteiger partial charge on any atom is -0.481 e. The van der Waals surface area contributed by atoms with Gasteiger partial charge in [-0.25, -0.2) is 0 Å². The van der Waals surface area contributed by atoms with Gasteiger partial charge in [0, 0.05) is 34.8 Å². The average Bonchev–Trinajstić information content (AvgIpc) is 3.45. The fourth-order valence-electron chi connectivity index (χ4n) is 13.7. The number of benzene rings is 1. The number of aliphatic hydroxyl groups is 3. The zero-order chi connectivity index (χ0) is 44.2. The minimum absolute atomic E-state index is 0.00101. The van der Waals surface area contributed by atoms with Crippen molar-refractivity contribution >= 4 is 51.1 Å². The second kappa shape index (κ2) is 17.2. The Morgan fingerprint density at radius 1 is 1.05 bits per heavy atom. The van der Waals surface area contributed by atoms with Crippen LogP contribution in [0.5, 0.6) is 0 Å². The molecule has 62 heavy (non-hydrogen) atoms. The van der Waals surface area contributed by atoms with Crippen molar-refractivity contribution in [2.45, 2.75) is 127 Å². The molecule has 3 amide bonds. The van der Waals surface area contributed by atoms with E-state index in [1.807, 2.05) is 24.3 Å². The number of allylic oxidation sites excluding steroid dienone is 4. The van der Waals surface area contributed by atoms with Crippen LogP contribution in [0.3, 0.4) is 0 Å². The van der Waals surface area contributed by atoms with Gasteiger partial charge in [-0.2, -0.15) is 0 Å². The second-order valence-corrected chi connectivity index (χ2v) is 20.8. The summed E-state index contributed by atoms with van der Waals surface area (Å²) in [4.78, 5) is 61.2. The van der Waals surface area contributed by atoms with Gasteiger partial charge in [0.1, 0.15) is 11.6 Å². The SMILES string of the molecule is C[C@]12C[C@H](O)[C@H]3[C@@H](CCC4=CC(=O)C=C[C@@]43C)[C@@H]1CC1O[C@@H](C34CCC(Cc5cccc(NC(=O)[C@H](CCC(=O)O)NC(=O)CNC(=O)CBr)c5)(CC3)CC4)OCC(O)(CO)[C@@H]12. The van der Waals surface area contributed by atoms with Gasteiger partial charge >= 0.3 is 5.97 Å². The van der Waals surface area contributed by atoms with Crippen molar-refractivity contribution in [3.8, 4) is 0 Å². The molecule has 2 unspecified atom stereocenters. The molecule has 1 saturated heterocycles. The number of aliphatic carboxylic acids is 1. The van der Waals surface area contributed by atoms with Gasteiger partial charge in [-0.15, -0.1) is 0 Å². The molecule has 0 radical (unpaired) electrons. The van der Waals surface area contributed by atoms with Crippen molar-refractivity contribution < 1.29 is 53.9 Å². The van der Waals surface area contributed by atoms with E-state index in [0.29, 0.717) is 18.5 Å². The quantitative estimate of drug-likeness (QED) is 0.138. The Balaban J connectivity index is 0.933. The summed E-state index contributed by atoms with van der Waals surface area (Å²) in [5.74, 6) is -2.82.